The lowest BCUT2D eigenvalue weighted by molar-refractivity contribution is 0.208. The minimum atomic E-state index is -0.0477. The van der Waals surface area contributed by atoms with Crippen LogP contribution in [0.2, 0.25) is 0 Å². The van der Waals surface area contributed by atoms with Crippen molar-refractivity contribution in [2.24, 2.45) is 0 Å². The van der Waals surface area contributed by atoms with Crippen molar-refractivity contribution in [2.45, 2.75) is 33.6 Å². The summed E-state index contributed by atoms with van der Waals surface area (Å²) in [5.74, 6) is 1.78. The zero-order valence-electron chi connectivity index (χ0n) is 19.1. The van der Waals surface area contributed by atoms with Gasteiger partial charge < -0.3 is 15.1 Å². The lowest BCUT2D eigenvalue weighted by atomic mass is 10.0. The van der Waals surface area contributed by atoms with Gasteiger partial charge in [0.25, 0.3) is 0 Å². The molecule has 0 saturated carbocycles. The van der Waals surface area contributed by atoms with Gasteiger partial charge in [-0.05, 0) is 43.5 Å². The Morgan fingerprint density at radius 1 is 0.906 bits per heavy atom. The molecular weight excluding hydrogens is 398 g/mol. The molecular formula is C26H31N5O. The molecule has 0 aliphatic carbocycles. The van der Waals surface area contributed by atoms with E-state index in [9.17, 15) is 4.79 Å². The van der Waals surface area contributed by atoms with Crippen LogP contribution >= 0.6 is 0 Å². The Balaban J connectivity index is 1.44. The van der Waals surface area contributed by atoms with E-state index in [1.807, 2.05) is 30.0 Å². The maximum atomic E-state index is 12.8. The fraction of sp³-hybridized carbons (Fsp3) is 0.346. The van der Waals surface area contributed by atoms with Crippen LogP contribution in [0.25, 0.3) is 0 Å². The van der Waals surface area contributed by atoms with Gasteiger partial charge in [0.1, 0.15) is 11.6 Å². The highest BCUT2D eigenvalue weighted by atomic mass is 16.2. The molecule has 2 heterocycles. The van der Waals surface area contributed by atoms with Crippen molar-refractivity contribution in [3.05, 3.63) is 82.8 Å². The second-order valence-electron chi connectivity index (χ2n) is 8.28. The summed E-state index contributed by atoms with van der Waals surface area (Å²) in [4.78, 5) is 26.3. The molecule has 4 rings (SSSR count). The fourth-order valence-electron chi connectivity index (χ4n) is 4.13. The average Bonchev–Trinajstić information content (AvgIpc) is 2.82. The summed E-state index contributed by atoms with van der Waals surface area (Å²) in [6, 6.07) is 18.4. The molecule has 2 aromatic carbocycles. The molecule has 1 aliphatic heterocycles. The maximum absolute atomic E-state index is 12.8. The van der Waals surface area contributed by atoms with Crippen LogP contribution in [-0.4, -0.2) is 47.1 Å². The van der Waals surface area contributed by atoms with E-state index in [1.165, 1.54) is 11.1 Å². The van der Waals surface area contributed by atoms with Crippen molar-refractivity contribution >= 4 is 17.5 Å². The first-order valence-electron chi connectivity index (χ1n) is 11.3. The highest BCUT2D eigenvalue weighted by molar-refractivity contribution is 5.89. The van der Waals surface area contributed by atoms with Gasteiger partial charge in [-0.2, -0.15) is 0 Å². The van der Waals surface area contributed by atoms with Gasteiger partial charge >= 0.3 is 6.03 Å². The Morgan fingerprint density at radius 2 is 1.59 bits per heavy atom. The van der Waals surface area contributed by atoms with E-state index in [2.05, 4.69) is 65.4 Å². The van der Waals surface area contributed by atoms with Crippen molar-refractivity contribution in [3.8, 4) is 0 Å². The van der Waals surface area contributed by atoms with Crippen LogP contribution in [0.4, 0.5) is 16.3 Å². The van der Waals surface area contributed by atoms with Gasteiger partial charge in [-0.15, -0.1) is 0 Å². The Labute approximate surface area is 190 Å². The van der Waals surface area contributed by atoms with Gasteiger partial charge in [-0.25, -0.2) is 14.8 Å². The van der Waals surface area contributed by atoms with Crippen LogP contribution < -0.4 is 10.2 Å². The van der Waals surface area contributed by atoms with E-state index >= 15 is 0 Å². The predicted octanol–water partition coefficient (Wildman–Crippen LogP) is 4.60. The monoisotopic (exact) mass is 429 g/mol. The third kappa shape index (κ3) is 5.07. The number of amides is 2. The van der Waals surface area contributed by atoms with Crippen LogP contribution in [0, 0.1) is 13.8 Å². The Hall–Kier alpha value is -3.41. The molecule has 166 valence electrons. The van der Waals surface area contributed by atoms with Gasteiger partial charge in [0.05, 0.1) is 0 Å². The summed E-state index contributed by atoms with van der Waals surface area (Å²) >= 11 is 0. The number of hydrogen-bond donors (Lipinski definition) is 1. The number of carbonyl (C=O) groups is 1. The number of nitrogens with one attached hydrogen (secondary N) is 1. The minimum Gasteiger partial charge on any atom is -0.353 e. The Kier molecular flexibility index (Phi) is 6.69. The van der Waals surface area contributed by atoms with Crippen molar-refractivity contribution in [2.75, 3.05) is 36.4 Å². The maximum Gasteiger partial charge on any atom is 0.321 e. The molecule has 32 heavy (non-hydrogen) atoms. The number of aromatic nitrogens is 2. The number of piperazine rings is 1. The number of nitrogens with zero attached hydrogens (tertiary/aromatic N) is 4. The molecule has 6 nitrogen and oxygen atoms in total. The number of urea groups is 1. The van der Waals surface area contributed by atoms with Crippen molar-refractivity contribution in [1.82, 2.24) is 14.9 Å². The number of anilines is 2. The molecule has 0 atom stereocenters. The number of hydrogen-bond acceptors (Lipinski definition) is 4. The lowest BCUT2D eigenvalue weighted by Crippen LogP contribution is -2.50. The Morgan fingerprint density at radius 3 is 2.25 bits per heavy atom. The topological polar surface area (TPSA) is 61.4 Å². The van der Waals surface area contributed by atoms with Crippen molar-refractivity contribution < 1.29 is 4.79 Å². The summed E-state index contributed by atoms with van der Waals surface area (Å²) in [7, 11) is 0. The van der Waals surface area contributed by atoms with Crippen LogP contribution in [0.1, 0.15) is 35.1 Å². The van der Waals surface area contributed by atoms with Crippen molar-refractivity contribution in [3.63, 3.8) is 0 Å². The van der Waals surface area contributed by atoms with E-state index in [-0.39, 0.29) is 6.03 Å². The number of carbonyl (C=O) groups excluding carboxylic acids is 1. The smallest absolute Gasteiger partial charge is 0.321 e. The van der Waals surface area contributed by atoms with Crippen LogP contribution in [0.3, 0.4) is 0 Å². The highest BCUT2D eigenvalue weighted by Crippen LogP contribution is 2.25. The first-order chi connectivity index (χ1) is 15.5. The van der Waals surface area contributed by atoms with E-state index in [4.69, 9.17) is 4.98 Å². The average molecular weight is 430 g/mol. The first-order valence-corrected chi connectivity index (χ1v) is 11.3. The molecule has 0 radical (unpaired) electrons. The van der Waals surface area contributed by atoms with E-state index in [1.54, 1.807) is 0 Å². The van der Waals surface area contributed by atoms with Crippen LogP contribution in [0.15, 0.2) is 54.6 Å². The van der Waals surface area contributed by atoms with Gasteiger partial charge in [0, 0.05) is 49.5 Å². The summed E-state index contributed by atoms with van der Waals surface area (Å²) in [5.41, 5.74) is 5.53. The molecule has 1 saturated heterocycles. The van der Waals surface area contributed by atoms with Gasteiger partial charge in [-0.3, -0.25) is 0 Å². The molecule has 0 unspecified atom stereocenters. The quantitative estimate of drug-likeness (QED) is 0.644. The van der Waals surface area contributed by atoms with Crippen LogP contribution in [0.5, 0.6) is 0 Å². The number of benzene rings is 2. The normalized spacial score (nSPS) is 13.8. The molecule has 1 N–H and O–H groups in total. The molecule has 1 fully saturated rings. The van der Waals surface area contributed by atoms with E-state index in [0.717, 1.165) is 54.5 Å². The molecule has 1 aromatic heterocycles. The molecule has 2 amide bonds. The Bertz CT molecular complexity index is 1060. The largest absolute Gasteiger partial charge is 0.353 e. The molecule has 3 aromatic rings. The number of rotatable bonds is 5. The second-order valence-corrected chi connectivity index (χ2v) is 8.28. The highest BCUT2D eigenvalue weighted by Gasteiger charge is 2.25. The summed E-state index contributed by atoms with van der Waals surface area (Å²) in [6.45, 7) is 8.94. The predicted molar refractivity (Wildman–Crippen MR) is 129 cm³/mol. The zero-order valence-corrected chi connectivity index (χ0v) is 19.1. The third-order valence-corrected chi connectivity index (χ3v) is 6.01. The SMILES string of the molecule is CCc1ccc(NC(=O)N2CCN(c3nc(C)nc(C)c3Cc3ccccc3)CC2)cc1. The van der Waals surface area contributed by atoms with E-state index in [0.29, 0.717) is 13.1 Å². The van der Waals surface area contributed by atoms with Gasteiger partial charge in [0.15, 0.2) is 0 Å². The molecule has 0 spiro atoms. The molecule has 6 heteroatoms. The van der Waals surface area contributed by atoms with Gasteiger partial charge in [-0.1, -0.05) is 49.4 Å². The fourth-order valence-corrected chi connectivity index (χ4v) is 4.13. The summed E-state index contributed by atoms with van der Waals surface area (Å²) in [5, 5.41) is 3.02. The van der Waals surface area contributed by atoms with Gasteiger partial charge in [0.2, 0.25) is 0 Å². The lowest BCUT2D eigenvalue weighted by Gasteiger charge is -2.36. The summed E-state index contributed by atoms with van der Waals surface area (Å²) < 4.78 is 0. The van der Waals surface area contributed by atoms with Crippen LogP contribution in [-0.2, 0) is 12.8 Å². The molecule has 1 aliphatic rings. The number of aryl methyl sites for hydroxylation is 3. The molecule has 0 bridgehead atoms. The van der Waals surface area contributed by atoms with E-state index < -0.39 is 0 Å². The standard InChI is InChI=1S/C26H31N5O/c1-4-21-10-12-23(13-11-21)29-26(32)31-16-14-30(15-17-31)25-24(19(2)27-20(3)28-25)18-22-8-6-5-7-9-22/h5-13H,4,14-18H2,1-3H3,(H,29,32). The minimum absolute atomic E-state index is 0.0477. The third-order valence-electron chi connectivity index (χ3n) is 6.01. The summed E-state index contributed by atoms with van der Waals surface area (Å²) in [6.07, 6.45) is 1.79. The zero-order chi connectivity index (χ0) is 22.5. The van der Waals surface area contributed by atoms with Crippen molar-refractivity contribution in [1.29, 1.82) is 0 Å². The second kappa shape index (κ2) is 9.81. The first kappa shape index (κ1) is 21.8.